The quantitative estimate of drug-likeness (QED) is 0.269. The highest BCUT2D eigenvalue weighted by Gasteiger charge is 1.80. The highest BCUT2D eigenvalue weighted by molar-refractivity contribution is 7.31. The van der Waals surface area contributed by atoms with E-state index in [1.54, 1.807) is 24.8 Å². The minimum absolute atomic E-state index is 0.454. The van der Waals surface area contributed by atoms with E-state index in [2.05, 4.69) is 79.0 Å². The molecule has 0 aliphatic rings. The van der Waals surface area contributed by atoms with Gasteiger partial charge in [0, 0.05) is 46.2 Å². The maximum absolute atomic E-state index is 9.55. The summed E-state index contributed by atoms with van der Waals surface area (Å²) in [6.45, 7) is 7.67. The van der Waals surface area contributed by atoms with E-state index >= 15 is 0 Å². The van der Waals surface area contributed by atoms with Gasteiger partial charge in [-0.15, -0.1) is 0 Å². The minimum Gasteiger partial charge on any atom is -0.333 e. The monoisotopic (exact) mass is 516 g/mol. The Hall–Kier alpha value is 1.35. The molecular weight excluding hydrogens is 470 g/mol. The molecule has 0 spiro atoms. The number of carbonyl (C=O) groups excluding carboxylic acids is 1. The summed E-state index contributed by atoms with van der Waals surface area (Å²) in [6, 6.07) is 0. The Morgan fingerprint density at radius 3 is 1.14 bits per heavy atom. The minimum atomic E-state index is 0.454. The molecule has 174 valence electrons. The second-order valence-corrected chi connectivity index (χ2v) is 9.68. The molecule has 6 N–H and O–H groups in total. The first-order chi connectivity index (χ1) is 13.1. The molecule has 9 nitrogen and oxygen atoms in total. The van der Waals surface area contributed by atoms with Gasteiger partial charge in [0.25, 0.3) is 0 Å². The fourth-order valence-electron chi connectivity index (χ4n) is 0.367. The van der Waals surface area contributed by atoms with Gasteiger partial charge in [-0.25, -0.2) is 0 Å². The zero-order valence-corrected chi connectivity index (χ0v) is 25.0. The first-order valence-electron chi connectivity index (χ1n) is 8.18. The van der Waals surface area contributed by atoms with Crippen molar-refractivity contribution in [3.63, 3.8) is 0 Å². The zero-order valence-electron chi connectivity index (χ0n) is 18.1. The van der Waals surface area contributed by atoms with Crippen LogP contribution in [-0.4, -0.2) is 85.9 Å². The Morgan fingerprint density at radius 1 is 0.786 bits per heavy atom. The van der Waals surface area contributed by atoms with Crippen LogP contribution in [0.2, 0.25) is 0 Å². The first kappa shape index (κ1) is 43.3. The van der Waals surface area contributed by atoms with Gasteiger partial charge in [-0.3, -0.25) is 23.3 Å². The molecule has 0 aromatic carbocycles. The number of aliphatic imine (C=N–C) groups is 2. The third-order valence-corrected chi connectivity index (χ3v) is 2.99. The van der Waals surface area contributed by atoms with Crippen LogP contribution in [0.5, 0.6) is 0 Å². The van der Waals surface area contributed by atoms with Gasteiger partial charge in [0.05, 0.1) is 6.54 Å². The van der Waals surface area contributed by atoms with Gasteiger partial charge in [-0.2, -0.15) is 0 Å². The summed E-state index contributed by atoms with van der Waals surface area (Å²) in [7, 11) is 19.7. The van der Waals surface area contributed by atoms with E-state index in [9.17, 15) is 4.79 Å². The molecule has 0 aliphatic heterocycles. The summed E-state index contributed by atoms with van der Waals surface area (Å²) in [5.41, 5.74) is 14.3. The lowest BCUT2D eigenvalue weighted by Crippen LogP contribution is -1.98. The molecule has 0 aromatic rings. The lowest BCUT2D eigenvalue weighted by molar-refractivity contribution is -0.107. The summed E-state index contributed by atoms with van der Waals surface area (Å²) in [5, 5.41) is 0. The van der Waals surface area contributed by atoms with Crippen LogP contribution < -0.4 is 17.2 Å². The SMILES string of the molecule is CCN.CCN(P)P.CN.CN=CCN.CN=CCN(P)P.O=CCN(P)P. The molecule has 0 saturated carbocycles. The van der Waals surface area contributed by atoms with E-state index in [0.29, 0.717) is 13.1 Å². The molecule has 0 saturated heterocycles. The van der Waals surface area contributed by atoms with E-state index < -0.39 is 0 Å². The Bertz CT molecular complexity index is 288. The molecule has 6 atom stereocenters. The average molecular weight is 516 g/mol. The van der Waals surface area contributed by atoms with Gasteiger partial charge in [-0.05, 0) is 13.6 Å². The molecule has 0 radical (unpaired) electrons. The number of carbonyl (C=O) groups is 1. The molecule has 0 rings (SSSR count). The Morgan fingerprint density at radius 2 is 1.11 bits per heavy atom. The van der Waals surface area contributed by atoms with E-state index in [4.69, 9.17) is 11.5 Å². The summed E-state index contributed by atoms with van der Waals surface area (Å²) >= 11 is 0. The Balaban J connectivity index is -0.0000000539. The molecule has 0 bridgehead atoms. The van der Waals surface area contributed by atoms with Gasteiger partial charge >= 0.3 is 0 Å². The van der Waals surface area contributed by atoms with Crippen LogP contribution in [0, 0.1) is 0 Å². The van der Waals surface area contributed by atoms with Crippen LogP contribution in [0.1, 0.15) is 13.8 Å². The number of hydrogen-bond acceptors (Lipinski definition) is 9. The third kappa shape index (κ3) is 125. The number of nitrogens with zero attached hydrogens (tertiary/aromatic N) is 5. The largest absolute Gasteiger partial charge is 0.333 e. The fraction of sp³-hybridized carbons (Fsp3) is 0.769. The third-order valence-electron chi connectivity index (χ3n) is 1.41. The zero-order chi connectivity index (χ0) is 23.8. The van der Waals surface area contributed by atoms with Crippen molar-refractivity contribution < 1.29 is 4.79 Å². The van der Waals surface area contributed by atoms with Crippen molar-refractivity contribution in [3.8, 4) is 0 Å². The molecule has 28 heavy (non-hydrogen) atoms. The molecule has 0 heterocycles. The molecule has 0 aliphatic carbocycles. The smallest absolute Gasteiger partial charge is 0.134 e. The predicted molar refractivity (Wildman–Crippen MR) is 153 cm³/mol. The van der Waals surface area contributed by atoms with Crippen LogP contribution in [-0.2, 0) is 4.79 Å². The predicted octanol–water partition coefficient (Wildman–Crippen LogP) is 0.711. The van der Waals surface area contributed by atoms with Gasteiger partial charge in [-0.1, -0.05) is 70.2 Å². The standard InChI is InChI=1S/C3H10N2P2.C3H8N2.C2H7NOP2.C2H9NP2.C2H7N.CH5N/c1-4-2-3-5(6)7;1-5-3-2-4;4-2-1-3(5)6;1-2-3(4)5;1-2-3;1-2/h2H,3,6-7H2,1H3;3H,2,4H2,1H3;2H,1,5-6H2;2,4-5H2,1H3;2-3H2,1H3;2H2,1H3. The van der Waals surface area contributed by atoms with Crippen molar-refractivity contribution in [3.05, 3.63) is 0 Å². The lowest BCUT2D eigenvalue weighted by atomic mass is 10.8. The maximum atomic E-state index is 9.55. The fourth-order valence-corrected chi connectivity index (χ4v) is 0.728. The van der Waals surface area contributed by atoms with E-state index in [1.807, 2.05) is 22.0 Å². The summed E-state index contributed by atoms with van der Waals surface area (Å²) in [5.74, 6) is 0. The van der Waals surface area contributed by atoms with E-state index in [-0.39, 0.29) is 0 Å². The van der Waals surface area contributed by atoms with Gasteiger partial charge in [0.15, 0.2) is 0 Å². The van der Waals surface area contributed by atoms with Crippen molar-refractivity contribution in [1.82, 2.24) is 13.3 Å². The Kier molecular flexibility index (Phi) is 79.1. The maximum Gasteiger partial charge on any atom is 0.134 e. The number of nitrogens with two attached hydrogens (primary N) is 3. The normalized spacial score (nSPS) is 9.18. The van der Waals surface area contributed by atoms with Crippen LogP contribution in [0.4, 0.5) is 0 Å². The summed E-state index contributed by atoms with van der Waals surface area (Å²) < 4.78 is 5.50. The second-order valence-electron chi connectivity index (χ2n) is 3.92. The molecule has 0 fully saturated rings. The van der Waals surface area contributed by atoms with Gasteiger partial charge in [0.2, 0.25) is 0 Å². The van der Waals surface area contributed by atoms with Crippen molar-refractivity contribution in [2.24, 2.45) is 27.2 Å². The van der Waals surface area contributed by atoms with Gasteiger partial charge in [0.1, 0.15) is 6.29 Å². The highest BCUT2D eigenvalue weighted by atomic mass is 31.1. The van der Waals surface area contributed by atoms with Crippen LogP contribution in [0.15, 0.2) is 9.98 Å². The van der Waals surface area contributed by atoms with Crippen LogP contribution >= 0.6 is 56.3 Å². The summed E-state index contributed by atoms with van der Waals surface area (Å²) in [4.78, 5) is 16.9. The Labute approximate surface area is 188 Å². The number of hydrogen-bond donors (Lipinski definition) is 3. The van der Waals surface area contributed by atoms with Crippen molar-refractivity contribution in [1.29, 1.82) is 0 Å². The van der Waals surface area contributed by atoms with Crippen molar-refractivity contribution in [2.45, 2.75) is 13.8 Å². The van der Waals surface area contributed by atoms with Crippen molar-refractivity contribution in [2.75, 3.05) is 53.9 Å². The van der Waals surface area contributed by atoms with Gasteiger partial charge < -0.3 is 22.0 Å². The molecule has 0 amide bonds. The number of aldehydes is 1. The average Bonchev–Trinajstić information content (AvgIpc) is 2.64. The summed E-state index contributed by atoms with van der Waals surface area (Å²) in [6.07, 6.45) is 4.32. The first-order valence-corrected chi connectivity index (χ1v) is 11.3. The molecule has 6 unspecified atom stereocenters. The van der Waals surface area contributed by atoms with E-state index in [0.717, 1.165) is 25.9 Å². The highest BCUT2D eigenvalue weighted by Crippen LogP contribution is 2.02. The topological polar surface area (TPSA) is 130 Å². The van der Waals surface area contributed by atoms with Crippen molar-refractivity contribution >= 4 is 75.1 Å². The molecular formula is C13H46N8OP6. The molecule has 0 aromatic heterocycles. The van der Waals surface area contributed by atoms with E-state index in [1.165, 1.54) is 7.05 Å². The van der Waals surface area contributed by atoms with Crippen LogP contribution in [0.25, 0.3) is 0 Å². The second kappa shape index (κ2) is 51.2. The molecule has 15 heteroatoms. The van der Waals surface area contributed by atoms with Crippen LogP contribution in [0.3, 0.4) is 0 Å². The lowest BCUT2D eigenvalue weighted by Gasteiger charge is -2.00. The number of rotatable bonds is 6.